The van der Waals surface area contributed by atoms with E-state index in [0.29, 0.717) is 11.6 Å². The number of fused-ring (bicyclic) bond motifs is 3. The fourth-order valence-corrected chi connectivity index (χ4v) is 3.17. The van der Waals surface area contributed by atoms with Crippen molar-refractivity contribution in [3.63, 3.8) is 0 Å². The van der Waals surface area contributed by atoms with Crippen LogP contribution in [-0.4, -0.2) is 9.78 Å². The second-order valence-electron chi connectivity index (χ2n) is 5.27. The van der Waals surface area contributed by atoms with E-state index in [1.807, 2.05) is 18.2 Å². The van der Waals surface area contributed by atoms with Crippen LogP contribution in [0.3, 0.4) is 0 Å². The molecule has 2 atom stereocenters. The minimum Gasteiger partial charge on any atom is -0.263 e. The van der Waals surface area contributed by atoms with E-state index < -0.39 is 0 Å². The quantitative estimate of drug-likeness (QED) is 0.802. The van der Waals surface area contributed by atoms with Crippen LogP contribution >= 0.6 is 0 Å². The molecule has 0 bridgehead atoms. The molecule has 1 unspecified atom stereocenters. The first-order valence-electron chi connectivity index (χ1n) is 6.40. The molecule has 0 saturated heterocycles. The fourth-order valence-electron chi connectivity index (χ4n) is 3.17. The van der Waals surface area contributed by atoms with Gasteiger partial charge in [0.1, 0.15) is 6.07 Å². The van der Waals surface area contributed by atoms with Gasteiger partial charge < -0.3 is 0 Å². The number of rotatable bonds is 2. The first-order valence-corrected chi connectivity index (χ1v) is 6.40. The van der Waals surface area contributed by atoms with E-state index in [4.69, 9.17) is 5.26 Å². The van der Waals surface area contributed by atoms with E-state index in [1.54, 1.807) is 0 Å². The molecule has 4 rings (SSSR count). The topological polar surface area (TPSA) is 41.6 Å². The molecular weight excluding hydrogens is 222 g/mol. The molecule has 3 nitrogen and oxygen atoms in total. The Kier molecular flexibility index (Phi) is 1.90. The Morgan fingerprint density at radius 2 is 2.17 bits per heavy atom. The van der Waals surface area contributed by atoms with Crippen LogP contribution in [-0.2, 0) is 13.0 Å². The van der Waals surface area contributed by atoms with E-state index in [9.17, 15) is 0 Å². The summed E-state index contributed by atoms with van der Waals surface area (Å²) in [5.74, 6) is 1.48. The number of hydrogen-bond donors (Lipinski definition) is 0. The molecular formula is C15H13N3. The highest BCUT2D eigenvalue weighted by Crippen LogP contribution is 2.56. The van der Waals surface area contributed by atoms with E-state index >= 15 is 0 Å². The zero-order chi connectivity index (χ0) is 12.1. The number of nitrogens with zero attached hydrogens (tertiary/aromatic N) is 3. The van der Waals surface area contributed by atoms with Crippen molar-refractivity contribution in [2.24, 2.45) is 5.92 Å². The van der Waals surface area contributed by atoms with Crippen molar-refractivity contribution in [1.29, 1.82) is 5.26 Å². The van der Waals surface area contributed by atoms with Crippen LogP contribution in [0.4, 0.5) is 0 Å². The van der Waals surface area contributed by atoms with Gasteiger partial charge in [-0.1, -0.05) is 30.3 Å². The average Bonchev–Trinajstić information content (AvgIpc) is 2.93. The van der Waals surface area contributed by atoms with Gasteiger partial charge in [-0.3, -0.25) is 4.68 Å². The lowest BCUT2D eigenvalue weighted by molar-refractivity contribution is 0.642. The molecule has 2 aliphatic carbocycles. The van der Waals surface area contributed by atoms with Gasteiger partial charge in [-0.25, -0.2) is 0 Å². The minimum absolute atomic E-state index is 0.646. The summed E-state index contributed by atoms with van der Waals surface area (Å²) in [4.78, 5) is 0. The molecule has 88 valence electrons. The van der Waals surface area contributed by atoms with Crippen molar-refractivity contribution >= 4 is 0 Å². The molecule has 2 aliphatic rings. The smallest absolute Gasteiger partial charge is 0.165 e. The van der Waals surface area contributed by atoms with E-state index in [2.05, 4.69) is 28.0 Å². The van der Waals surface area contributed by atoms with Crippen LogP contribution in [0.25, 0.3) is 0 Å². The molecule has 1 saturated carbocycles. The van der Waals surface area contributed by atoms with Gasteiger partial charge in [0.2, 0.25) is 0 Å². The largest absolute Gasteiger partial charge is 0.263 e. The molecule has 0 aliphatic heterocycles. The first-order chi connectivity index (χ1) is 8.86. The molecule has 1 heterocycles. The highest BCUT2D eigenvalue weighted by Gasteiger charge is 2.49. The number of benzene rings is 1. The Bertz CT molecular complexity index is 648. The summed E-state index contributed by atoms with van der Waals surface area (Å²) in [6, 6.07) is 12.6. The lowest BCUT2D eigenvalue weighted by atomic mass is 10.1. The van der Waals surface area contributed by atoms with Gasteiger partial charge >= 0.3 is 0 Å². The third-order valence-electron chi connectivity index (χ3n) is 4.12. The van der Waals surface area contributed by atoms with Crippen molar-refractivity contribution in [3.05, 3.63) is 52.8 Å². The van der Waals surface area contributed by atoms with Gasteiger partial charge in [0.05, 0.1) is 6.54 Å². The zero-order valence-electron chi connectivity index (χ0n) is 10.0. The number of hydrogen-bond acceptors (Lipinski definition) is 2. The zero-order valence-corrected chi connectivity index (χ0v) is 10.0. The monoisotopic (exact) mass is 235 g/mol. The predicted molar refractivity (Wildman–Crippen MR) is 67.0 cm³/mol. The molecule has 18 heavy (non-hydrogen) atoms. The van der Waals surface area contributed by atoms with Crippen LogP contribution in [0, 0.1) is 17.2 Å². The fraction of sp³-hybridized carbons (Fsp3) is 0.333. The highest BCUT2D eigenvalue weighted by atomic mass is 15.3. The molecule has 0 radical (unpaired) electrons. The predicted octanol–water partition coefficient (Wildman–Crippen LogP) is 2.46. The van der Waals surface area contributed by atoms with Gasteiger partial charge in [-0.15, -0.1) is 0 Å². The lowest BCUT2D eigenvalue weighted by Crippen LogP contribution is -2.05. The normalized spacial score (nSPS) is 23.3. The Balaban J connectivity index is 1.76. The number of aromatic nitrogens is 2. The van der Waals surface area contributed by atoms with Crippen molar-refractivity contribution < 1.29 is 0 Å². The van der Waals surface area contributed by atoms with Crippen molar-refractivity contribution in [2.75, 3.05) is 0 Å². The maximum atomic E-state index is 9.16. The van der Waals surface area contributed by atoms with Gasteiger partial charge in [-0.2, -0.15) is 10.4 Å². The molecule has 0 N–H and O–H groups in total. The highest BCUT2D eigenvalue weighted by molar-refractivity contribution is 5.45. The van der Waals surface area contributed by atoms with Crippen LogP contribution in [0.15, 0.2) is 30.3 Å². The van der Waals surface area contributed by atoms with E-state index in [-0.39, 0.29) is 0 Å². The summed E-state index contributed by atoms with van der Waals surface area (Å²) in [5, 5.41) is 13.6. The van der Waals surface area contributed by atoms with Gasteiger partial charge in [0, 0.05) is 17.2 Å². The standard InChI is InChI=1S/C15H13N3/c16-8-14-13-7-11-6-12(11)15(13)18(17-14)9-10-4-2-1-3-5-10/h1-5,11-12H,6-7,9H2/t11?,12-/m1/s1. The summed E-state index contributed by atoms with van der Waals surface area (Å²) < 4.78 is 2.06. The molecule has 3 heteroatoms. The van der Waals surface area contributed by atoms with E-state index in [0.717, 1.165) is 18.9 Å². The molecule has 1 aromatic heterocycles. The van der Waals surface area contributed by atoms with Gasteiger partial charge in [-0.05, 0) is 24.3 Å². The Labute approximate surface area is 106 Å². The Hall–Kier alpha value is -2.08. The van der Waals surface area contributed by atoms with Crippen molar-refractivity contribution in [1.82, 2.24) is 9.78 Å². The van der Waals surface area contributed by atoms with Crippen molar-refractivity contribution in [3.8, 4) is 6.07 Å². The van der Waals surface area contributed by atoms with Gasteiger partial charge in [0.15, 0.2) is 5.69 Å². The summed E-state index contributed by atoms with van der Waals surface area (Å²) in [6.07, 6.45) is 2.36. The van der Waals surface area contributed by atoms with E-state index in [1.165, 1.54) is 23.2 Å². The van der Waals surface area contributed by atoms with Crippen LogP contribution in [0.1, 0.15) is 34.9 Å². The third kappa shape index (κ3) is 1.32. The van der Waals surface area contributed by atoms with Crippen LogP contribution in [0.5, 0.6) is 0 Å². The Morgan fingerprint density at radius 3 is 2.94 bits per heavy atom. The first kappa shape index (κ1) is 9.90. The second-order valence-corrected chi connectivity index (χ2v) is 5.27. The maximum absolute atomic E-state index is 9.16. The summed E-state index contributed by atoms with van der Waals surface area (Å²) in [5.41, 5.74) is 4.44. The Morgan fingerprint density at radius 1 is 1.33 bits per heavy atom. The van der Waals surface area contributed by atoms with Crippen LogP contribution in [0.2, 0.25) is 0 Å². The van der Waals surface area contributed by atoms with Crippen LogP contribution < -0.4 is 0 Å². The summed E-state index contributed by atoms with van der Waals surface area (Å²) >= 11 is 0. The third-order valence-corrected chi connectivity index (χ3v) is 4.12. The lowest BCUT2D eigenvalue weighted by Gasteiger charge is -2.06. The molecule has 1 aromatic carbocycles. The second kappa shape index (κ2) is 3.46. The number of nitriles is 1. The molecule has 0 spiro atoms. The molecule has 1 fully saturated rings. The minimum atomic E-state index is 0.646. The summed E-state index contributed by atoms with van der Waals surface area (Å²) in [7, 11) is 0. The SMILES string of the molecule is N#Cc1nn(Cc2ccccc2)c2c1CC1C[C@@H]21. The van der Waals surface area contributed by atoms with Crippen molar-refractivity contribution in [2.45, 2.75) is 25.3 Å². The van der Waals surface area contributed by atoms with Gasteiger partial charge in [0.25, 0.3) is 0 Å². The average molecular weight is 235 g/mol. The molecule has 0 amide bonds. The summed E-state index contributed by atoms with van der Waals surface area (Å²) in [6.45, 7) is 0.786. The maximum Gasteiger partial charge on any atom is 0.165 e. The molecule has 2 aromatic rings.